The minimum Gasteiger partial charge on any atom is -0.322 e. The summed E-state index contributed by atoms with van der Waals surface area (Å²) in [5, 5.41) is 4.32. The fraction of sp³-hybridized carbons (Fsp3) is 0.444. The van der Waals surface area contributed by atoms with Crippen molar-refractivity contribution in [2.75, 3.05) is 37.6 Å². The number of aromatic nitrogens is 3. The Labute approximate surface area is 175 Å². The van der Waals surface area contributed by atoms with E-state index in [9.17, 15) is 22.8 Å². The lowest BCUT2D eigenvalue weighted by Gasteiger charge is -2.22. The van der Waals surface area contributed by atoms with Gasteiger partial charge >= 0.3 is 12.2 Å². The van der Waals surface area contributed by atoms with E-state index >= 15 is 0 Å². The first-order chi connectivity index (χ1) is 14.2. The molecule has 0 saturated carbocycles. The van der Waals surface area contributed by atoms with E-state index < -0.39 is 18.8 Å². The summed E-state index contributed by atoms with van der Waals surface area (Å²) in [4.78, 5) is 32.3. The van der Waals surface area contributed by atoms with Crippen molar-refractivity contribution in [1.82, 2.24) is 24.6 Å². The third kappa shape index (κ3) is 5.02. The predicted molar refractivity (Wildman–Crippen MR) is 104 cm³/mol. The number of pyridine rings is 1. The lowest BCUT2D eigenvalue weighted by molar-refractivity contribution is -0.138. The molecule has 0 radical (unpaired) electrons. The highest BCUT2D eigenvalue weighted by atomic mass is 35.5. The van der Waals surface area contributed by atoms with Crippen LogP contribution in [-0.4, -0.2) is 75.4 Å². The maximum atomic E-state index is 12.7. The smallest absolute Gasteiger partial charge is 0.322 e. The van der Waals surface area contributed by atoms with E-state index in [-0.39, 0.29) is 37.1 Å². The molecule has 3 rings (SSSR count). The molecule has 0 aromatic carbocycles. The maximum Gasteiger partial charge on any atom is 0.406 e. The van der Waals surface area contributed by atoms with E-state index in [4.69, 9.17) is 11.6 Å². The van der Waals surface area contributed by atoms with Crippen molar-refractivity contribution in [1.29, 1.82) is 0 Å². The van der Waals surface area contributed by atoms with E-state index in [2.05, 4.69) is 10.1 Å². The van der Waals surface area contributed by atoms with Crippen molar-refractivity contribution < 1.29 is 22.8 Å². The van der Waals surface area contributed by atoms with Crippen LogP contribution in [0.15, 0.2) is 30.7 Å². The maximum absolute atomic E-state index is 12.7. The van der Waals surface area contributed by atoms with Crippen molar-refractivity contribution in [2.45, 2.75) is 19.5 Å². The summed E-state index contributed by atoms with van der Waals surface area (Å²) in [6, 6.07) is 2.80. The van der Waals surface area contributed by atoms with Crippen LogP contribution < -0.4 is 4.90 Å². The van der Waals surface area contributed by atoms with E-state index in [0.29, 0.717) is 17.9 Å². The lowest BCUT2D eigenvalue weighted by atomic mass is 10.3. The van der Waals surface area contributed by atoms with E-state index in [1.165, 1.54) is 14.5 Å². The molecular weight excluding hydrogens is 425 g/mol. The lowest BCUT2D eigenvalue weighted by Crippen LogP contribution is -2.39. The Morgan fingerprint density at radius 3 is 2.67 bits per heavy atom. The second-order valence-corrected chi connectivity index (χ2v) is 7.01. The zero-order valence-corrected chi connectivity index (χ0v) is 16.9. The normalized spacial score (nSPS) is 14.5. The Balaban J connectivity index is 1.64. The molecule has 30 heavy (non-hydrogen) atoms. The standard InChI is InChI=1S/C18H20ClF3N6O2/c1-2-27(14-11-28(24-16(14)19)13-4-3-6-23-10-13)15(29)5-7-25-8-9-26(17(25)30)12-18(20,21)22/h3-4,6,10-11H,2,5,7-9,12H2,1H3. The van der Waals surface area contributed by atoms with E-state index in [1.54, 1.807) is 37.6 Å². The molecule has 1 saturated heterocycles. The summed E-state index contributed by atoms with van der Waals surface area (Å²) in [5.41, 5.74) is 1.07. The number of carbonyl (C=O) groups excluding carboxylic acids is 2. The van der Waals surface area contributed by atoms with Gasteiger partial charge in [-0.2, -0.15) is 18.3 Å². The van der Waals surface area contributed by atoms with Crippen molar-refractivity contribution in [2.24, 2.45) is 0 Å². The van der Waals surface area contributed by atoms with Gasteiger partial charge in [0.15, 0.2) is 5.15 Å². The third-order valence-electron chi connectivity index (χ3n) is 4.62. The van der Waals surface area contributed by atoms with Gasteiger partial charge in [-0.15, -0.1) is 0 Å². The van der Waals surface area contributed by atoms with Crippen LogP contribution in [0.5, 0.6) is 0 Å². The number of amides is 3. The summed E-state index contributed by atoms with van der Waals surface area (Å²) in [6.45, 7) is 0.937. The highest BCUT2D eigenvalue weighted by Crippen LogP contribution is 2.27. The number of alkyl halides is 3. The van der Waals surface area contributed by atoms with Crippen LogP contribution in [-0.2, 0) is 4.79 Å². The second kappa shape index (κ2) is 8.90. The SMILES string of the molecule is CCN(C(=O)CCN1CCN(CC(F)(F)F)C1=O)c1cn(-c2cccnc2)nc1Cl. The number of urea groups is 1. The summed E-state index contributed by atoms with van der Waals surface area (Å²) in [5.74, 6) is -0.313. The first-order valence-electron chi connectivity index (χ1n) is 9.26. The first kappa shape index (κ1) is 21.9. The fourth-order valence-corrected chi connectivity index (χ4v) is 3.43. The van der Waals surface area contributed by atoms with Gasteiger partial charge in [-0.25, -0.2) is 9.48 Å². The van der Waals surface area contributed by atoms with Gasteiger partial charge in [0.25, 0.3) is 0 Å². The molecule has 2 aromatic rings. The van der Waals surface area contributed by atoms with Gasteiger partial charge in [0.2, 0.25) is 5.91 Å². The van der Waals surface area contributed by atoms with Crippen LogP contribution in [0.25, 0.3) is 5.69 Å². The summed E-state index contributed by atoms with van der Waals surface area (Å²) < 4.78 is 39.1. The molecular formula is C18H20ClF3N6O2. The van der Waals surface area contributed by atoms with Crippen LogP contribution >= 0.6 is 11.6 Å². The van der Waals surface area contributed by atoms with Gasteiger partial charge in [-0.1, -0.05) is 11.6 Å². The largest absolute Gasteiger partial charge is 0.406 e. The van der Waals surface area contributed by atoms with Gasteiger partial charge in [0.1, 0.15) is 12.2 Å². The minimum absolute atomic E-state index is 0.0201. The Kier molecular flexibility index (Phi) is 6.49. The summed E-state index contributed by atoms with van der Waals surface area (Å²) >= 11 is 6.22. The Bertz CT molecular complexity index is 905. The predicted octanol–water partition coefficient (Wildman–Crippen LogP) is 2.96. The van der Waals surface area contributed by atoms with Crippen molar-refractivity contribution >= 4 is 29.2 Å². The molecule has 1 aliphatic heterocycles. The molecule has 1 aliphatic rings. The Morgan fingerprint density at radius 1 is 1.30 bits per heavy atom. The molecule has 162 valence electrons. The molecule has 3 heterocycles. The monoisotopic (exact) mass is 444 g/mol. The van der Waals surface area contributed by atoms with Gasteiger partial charge in [-0.3, -0.25) is 9.78 Å². The van der Waals surface area contributed by atoms with E-state index in [1.807, 2.05) is 0 Å². The molecule has 0 bridgehead atoms. The highest BCUT2D eigenvalue weighted by Gasteiger charge is 2.38. The number of hydrogen-bond acceptors (Lipinski definition) is 4. The number of nitrogens with zero attached hydrogens (tertiary/aromatic N) is 6. The van der Waals surface area contributed by atoms with Crippen LogP contribution in [0.4, 0.5) is 23.7 Å². The quantitative estimate of drug-likeness (QED) is 0.658. The van der Waals surface area contributed by atoms with Gasteiger partial charge in [0.05, 0.1) is 18.1 Å². The number of rotatable bonds is 7. The van der Waals surface area contributed by atoms with Gasteiger partial charge in [0, 0.05) is 38.8 Å². The third-order valence-corrected chi connectivity index (χ3v) is 4.89. The van der Waals surface area contributed by atoms with Crippen LogP contribution in [0, 0.1) is 0 Å². The number of hydrogen-bond donors (Lipinski definition) is 0. The summed E-state index contributed by atoms with van der Waals surface area (Å²) in [6.07, 6.45) is 0.316. The zero-order chi connectivity index (χ0) is 21.9. The molecule has 3 amide bonds. The topological polar surface area (TPSA) is 74.6 Å². The Morgan fingerprint density at radius 2 is 2.03 bits per heavy atom. The molecule has 8 nitrogen and oxygen atoms in total. The van der Waals surface area contributed by atoms with E-state index in [0.717, 1.165) is 4.90 Å². The highest BCUT2D eigenvalue weighted by molar-refractivity contribution is 6.32. The zero-order valence-electron chi connectivity index (χ0n) is 16.1. The molecule has 2 aromatic heterocycles. The van der Waals surface area contributed by atoms with Crippen LogP contribution in [0.1, 0.15) is 13.3 Å². The molecule has 0 unspecified atom stereocenters. The number of carbonyl (C=O) groups is 2. The first-order valence-corrected chi connectivity index (χ1v) is 9.64. The fourth-order valence-electron chi connectivity index (χ4n) is 3.20. The molecule has 0 N–H and O–H groups in total. The van der Waals surface area contributed by atoms with Crippen molar-refractivity contribution in [3.05, 3.63) is 35.9 Å². The molecule has 0 aliphatic carbocycles. The Hall–Kier alpha value is -2.82. The van der Waals surface area contributed by atoms with Crippen molar-refractivity contribution in [3.63, 3.8) is 0 Å². The summed E-state index contributed by atoms with van der Waals surface area (Å²) in [7, 11) is 0. The van der Waals surface area contributed by atoms with Gasteiger partial charge < -0.3 is 14.7 Å². The molecule has 12 heteroatoms. The average molecular weight is 445 g/mol. The molecule has 0 atom stereocenters. The second-order valence-electron chi connectivity index (χ2n) is 6.66. The van der Waals surface area contributed by atoms with Gasteiger partial charge in [-0.05, 0) is 19.1 Å². The molecule has 0 spiro atoms. The number of anilines is 1. The van der Waals surface area contributed by atoms with Crippen LogP contribution in [0.3, 0.4) is 0 Å². The average Bonchev–Trinajstić information content (AvgIpc) is 3.24. The molecule has 1 fully saturated rings. The minimum atomic E-state index is -4.45. The number of halogens is 4. The van der Waals surface area contributed by atoms with Crippen LogP contribution in [0.2, 0.25) is 5.15 Å². The van der Waals surface area contributed by atoms with Crippen molar-refractivity contribution in [3.8, 4) is 5.69 Å².